The molecule has 5 heteroatoms. The molecule has 0 aromatic heterocycles. The summed E-state index contributed by atoms with van der Waals surface area (Å²) >= 11 is 0. The Morgan fingerprint density at radius 2 is 2.07 bits per heavy atom. The van der Waals surface area contributed by atoms with Crippen LogP contribution in [-0.4, -0.2) is 23.7 Å². The summed E-state index contributed by atoms with van der Waals surface area (Å²) in [5.41, 5.74) is 5.08. The van der Waals surface area contributed by atoms with E-state index in [2.05, 4.69) is 42.3 Å². The molecule has 1 heterocycles. The molecule has 1 aliphatic rings. The molecular weight excluding hydrogens is 343 g/mol. The van der Waals surface area contributed by atoms with Crippen LogP contribution in [0.5, 0.6) is 0 Å². The molecule has 0 spiro atoms. The lowest BCUT2D eigenvalue weighted by Crippen LogP contribution is -2.35. The number of rotatable bonds is 7. The van der Waals surface area contributed by atoms with Gasteiger partial charge in [-0.25, -0.2) is 4.39 Å². The monoisotopic (exact) mass is 370 g/mol. The Balaban J connectivity index is 1.71. The van der Waals surface area contributed by atoms with Crippen molar-refractivity contribution in [3.05, 3.63) is 58.9 Å². The number of carboxylic acid groups (broad SMARTS) is 1. The van der Waals surface area contributed by atoms with Crippen molar-refractivity contribution in [2.45, 2.75) is 52.1 Å². The third kappa shape index (κ3) is 4.59. The number of carbonyl (C=O) groups is 1. The lowest BCUT2D eigenvalue weighted by molar-refractivity contribution is -0.136. The van der Waals surface area contributed by atoms with Crippen LogP contribution < -0.4 is 10.2 Å². The smallest absolute Gasteiger partial charge is 0.303 e. The van der Waals surface area contributed by atoms with Crippen LogP contribution in [0, 0.1) is 5.82 Å². The Morgan fingerprint density at radius 1 is 1.26 bits per heavy atom. The molecule has 0 radical (unpaired) electrons. The van der Waals surface area contributed by atoms with Gasteiger partial charge in [0.2, 0.25) is 0 Å². The third-order valence-corrected chi connectivity index (χ3v) is 5.15. The van der Waals surface area contributed by atoms with E-state index in [0.29, 0.717) is 23.8 Å². The standard InChI is InChI=1S/C22H27FN2O2/c1-15(2)25-12-4-6-19-17(5-3-7-21(19)25)14-24-18-10-8-16(20(23)13-18)9-11-22(26)27/h3,5,7-8,10,13,15,24H,4,6,9,11-12,14H2,1-2H3,(H,26,27). The summed E-state index contributed by atoms with van der Waals surface area (Å²) in [7, 11) is 0. The second-order valence-corrected chi connectivity index (χ2v) is 7.36. The molecule has 0 unspecified atom stereocenters. The molecule has 0 atom stereocenters. The van der Waals surface area contributed by atoms with Crippen LogP contribution in [0.4, 0.5) is 15.8 Å². The summed E-state index contributed by atoms with van der Waals surface area (Å²) in [4.78, 5) is 13.1. The van der Waals surface area contributed by atoms with Gasteiger partial charge in [0, 0.05) is 36.9 Å². The number of halogens is 1. The highest BCUT2D eigenvalue weighted by molar-refractivity contribution is 5.67. The maximum Gasteiger partial charge on any atom is 0.303 e. The first-order chi connectivity index (χ1) is 13.0. The summed E-state index contributed by atoms with van der Waals surface area (Å²) in [6.45, 7) is 6.16. The number of hydrogen-bond acceptors (Lipinski definition) is 3. The zero-order chi connectivity index (χ0) is 19.4. The highest BCUT2D eigenvalue weighted by atomic mass is 19.1. The maximum absolute atomic E-state index is 14.2. The molecule has 2 aromatic rings. The Morgan fingerprint density at radius 3 is 2.78 bits per heavy atom. The molecule has 1 aliphatic heterocycles. The number of carboxylic acids is 1. The zero-order valence-corrected chi connectivity index (χ0v) is 16.0. The fourth-order valence-corrected chi connectivity index (χ4v) is 3.73. The van der Waals surface area contributed by atoms with E-state index >= 15 is 0 Å². The Kier molecular flexibility index (Phi) is 5.99. The van der Waals surface area contributed by atoms with E-state index < -0.39 is 5.97 Å². The average molecular weight is 370 g/mol. The number of hydrogen-bond donors (Lipinski definition) is 2. The molecule has 0 aliphatic carbocycles. The van der Waals surface area contributed by atoms with Crippen LogP contribution >= 0.6 is 0 Å². The minimum atomic E-state index is -0.916. The Bertz CT molecular complexity index is 820. The molecule has 0 saturated heterocycles. The third-order valence-electron chi connectivity index (χ3n) is 5.15. The van der Waals surface area contributed by atoms with Crippen molar-refractivity contribution >= 4 is 17.3 Å². The van der Waals surface area contributed by atoms with Gasteiger partial charge in [-0.2, -0.15) is 0 Å². The van der Waals surface area contributed by atoms with Crippen molar-refractivity contribution in [3.8, 4) is 0 Å². The van der Waals surface area contributed by atoms with Gasteiger partial charge >= 0.3 is 5.97 Å². The average Bonchev–Trinajstić information content (AvgIpc) is 2.64. The van der Waals surface area contributed by atoms with Crippen molar-refractivity contribution in [1.82, 2.24) is 0 Å². The van der Waals surface area contributed by atoms with Crippen LogP contribution in [0.1, 0.15) is 43.4 Å². The van der Waals surface area contributed by atoms with Gasteiger partial charge in [0.1, 0.15) is 5.82 Å². The number of fused-ring (bicyclic) bond motifs is 1. The maximum atomic E-state index is 14.2. The summed E-state index contributed by atoms with van der Waals surface area (Å²) in [5.74, 6) is -1.27. The zero-order valence-electron chi connectivity index (χ0n) is 16.0. The van der Waals surface area contributed by atoms with E-state index in [-0.39, 0.29) is 18.7 Å². The number of aliphatic carboxylic acids is 1. The van der Waals surface area contributed by atoms with Crippen molar-refractivity contribution in [1.29, 1.82) is 0 Å². The minimum Gasteiger partial charge on any atom is -0.481 e. The molecule has 4 nitrogen and oxygen atoms in total. The highest BCUT2D eigenvalue weighted by Crippen LogP contribution is 2.31. The predicted octanol–water partition coefficient (Wildman–Crippen LogP) is 4.62. The van der Waals surface area contributed by atoms with Gasteiger partial charge in [0.15, 0.2) is 0 Å². The highest BCUT2D eigenvalue weighted by Gasteiger charge is 2.20. The second-order valence-electron chi connectivity index (χ2n) is 7.36. The minimum absolute atomic E-state index is 0.0633. The number of anilines is 2. The first-order valence-electron chi connectivity index (χ1n) is 9.57. The summed E-state index contributed by atoms with van der Waals surface area (Å²) in [6, 6.07) is 11.8. The van der Waals surface area contributed by atoms with Crippen LogP contribution in [0.25, 0.3) is 0 Å². The molecule has 0 fully saturated rings. The molecule has 3 rings (SSSR count). The fourth-order valence-electron chi connectivity index (χ4n) is 3.73. The van der Waals surface area contributed by atoms with Gasteiger partial charge in [0.25, 0.3) is 0 Å². The summed E-state index contributed by atoms with van der Waals surface area (Å²) < 4.78 is 14.2. The van der Waals surface area contributed by atoms with E-state index in [1.165, 1.54) is 22.9 Å². The first kappa shape index (κ1) is 19.2. The van der Waals surface area contributed by atoms with E-state index in [1.807, 2.05) is 6.07 Å². The van der Waals surface area contributed by atoms with Gasteiger partial charge in [-0.1, -0.05) is 18.2 Å². The SMILES string of the molecule is CC(C)N1CCCc2c(CNc3ccc(CCC(=O)O)c(F)c3)cccc21. The number of benzene rings is 2. The van der Waals surface area contributed by atoms with Gasteiger partial charge in [-0.3, -0.25) is 4.79 Å². The van der Waals surface area contributed by atoms with Crippen LogP contribution in [0.2, 0.25) is 0 Å². The number of nitrogens with zero attached hydrogens (tertiary/aromatic N) is 1. The van der Waals surface area contributed by atoms with E-state index in [0.717, 1.165) is 19.4 Å². The number of aryl methyl sites for hydroxylation is 1. The molecule has 0 amide bonds. The van der Waals surface area contributed by atoms with Crippen LogP contribution in [0.3, 0.4) is 0 Å². The van der Waals surface area contributed by atoms with Crippen LogP contribution in [-0.2, 0) is 24.2 Å². The first-order valence-corrected chi connectivity index (χ1v) is 9.57. The van der Waals surface area contributed by atoms with Crippen molar-refractivity contribution in [2.24, 2.45) is 0 Å². The Hall–Kier alpha value is -2.56. The predicted molar refractivity (Wildman–Crippen MR) is 107 cm³/mol. The van der Waals surface area contributed by atoms with E-state index in [9.17, 15) is 9.18 Å². The normalized spacial score (nSPS) is 13.6. The molecule has 144 valence electrons. The lowest BCUT2D eigenvalue weighted by atomic mass is 9.95. The molecular formula is C22H27FN2O2. The second kappa shape index (κ2) is 8.42. The van der Waals surface area contributed by atoms with Crippen molar-refractivity contribution < 1.29 is 14.3 Å². The fraction of sp³-hybridized carbons (Fsp3) is 0.409. The van der Waals surface area contributed by atoms with E-state index in [1.54, 1.807) is 6.07 Å². The van der Waals surface area contributed by atoms with Crippen LogP contribution in [0.15, 0.2) is 36.4 Å². The van der Waals surface area contributed by atoms with Crippen molar-refractivity contribution in [3.63, 3.8) is 0 Å². The van der Waals surface area contributed by atoms with Crippen molar-refractivity contribution in [2.75, 3.05) is 16.8 Å². The molecule has 2 N–H and O–H groups in total. The Labute approximate surface area is 160 Å². The van der Waals surface area contributed by atoms with E-state index in [4.69, 9.17) is 5.11 Å². The van der Waals surface area contributed by atoms with Gasteiger partial charge in [-0.05, 0) is 68.0 Å². The van der Waals surface area contributed by atoms with Gasteiger partial charge in [0.05, 0.1) is 0 Å². The largest absolute Gasteiger partial charge is 0.481 e. The topological polar surface area (TPSA) is 52.6 Å². The molecule has 0 bridgehead atoms. The molecule has 2 aromatic carbocycles. The van der Waals surface area contributed by atoms with Gasteiger partial charge < -0.3 is 15.3 Å². The quantitative estimate of drug-likeness (QED) is 0.747. The van der Waals surface area contributed by atoms with Gasteiger partial charge in [-0.15, -0.1) is 0 Å². The molecule has 27 heavy (non-hydrogen) atoms. The molecule has 0 saturated carbocycles. The summed E-state index contributed by atoms with van der Waals surface area (Å²) in [5, 5.41) is 12.1. The summed E-state index contributed by atoms with van der Waals surface area (Å²) in [6.07, 6.45) is 2.36. The lowest BCUT2D eigenvalue weighted by Gasteiger charge is -2.35. The number of nitrogens with one attached hydrogen (secondary N) is 1.